The Labute approximate surface area is 89.2 Å². The van der Waals surface area contributed by atoms with Gasteiger partial charge in [-0.15, -0.1) is 0 Å². The molecule has 1 rings (SSSR count). The summed E-state index contributed by atoms with van der Waals surface area (Å²) in [5.41, 5.74) is 0.283. The molecule has 4 nitrogen and oxygen atoms in total. The summed E-state index contributed by atoms with van der Waals surface area (Å²) in [5, 5.41) is 0. The minimum atomic E-state index is -0.401. The molecular formula is C11H15NO3. The third-order valence-corrected chi connectivity index (χ3v) is 1.87. The van der Waals surface area contributed by atoms with Crippen LogP contribution in [0.3, 0.4) is 0 Å². The maximum Gasteiger partial charge on any atom is 0.357 e. The van der Waals surface area contributed by atoms with Crippen molar-refractivity contribution in [2.75, 3.05) is 13.7 Å². The second kappa shape index (κ2) is 6.01. The number of aromatic nitrogens is 1. The van der Waals surface area contributed by atoms with Gasteiger partial charge in [-0.05, 0) is 12.5 Å². The second-order valence-electron chi connectivity index (χ2n) is 3.05. The Hall–Kier alpha value is -1.58. The van der Waals surface area contributed by atoms with Crippen molar-refractivity contribution >= 4 is 5.97 Å². The van der Waals surface area contributed by atoms with Crippen LogP contribution in [0.25, 0.3) is 0 Å². The minimum Gasteiger partial charge on any atom is -0.481 e. The summed E-state index contributed by atoms with van der Waals surface area (Å²) in [4.78, 5) is 15.4. The van der Waals surface area contributed by atoms with E-state index in [1.165, 1.54) is 7.11 Å². The van der Waals surface area contributed by atoms with E-state index in [2.05, 4.69) is 4.98 Å². The van der Waals surface area contributed by atoms with Crippen LogP contribution < -0.4 is 4.74 Å². The van der Waals surface area contributed by atoms with Crippen molar-refractivity contribution in [1.82, 2.24) is 4.98 Å². The maximum absolute atomic E-state index is 11.4. The molecule has 0 atom stereocenters. The van der Waals surface area contributed by atoms with Gasteiger partial charge in [-0.25, -0.2) is 9.78 Å². The molecule has 0 saturated heterocycles. The van der Waals surface area contributed by atoms with Crippen molar-refractivity contribution in [3.63, 3.8) is 0 Å². The van der Waals surface area contributed by atoms with Crippen molar-refractivity contribution in [2.24, 2.45) is 0 Å². The topological polar surface area (TPSA) is 48.4 Å². The van der Waals surface area contributed by atoms with Crippen LogP contribution >= 0.6 is 0 Å². The zero-order chi connectivity index (χ0) is 11.1. The number of rotatable bonds is 5. The number of unbranched alkanes of at least 4 members (excludes halogenated alkanes) is 1. The van der Waals surface area contributed by atoms with E-state index in [-0.39, 0.29) is 5.69 Å². The quantitative estimate of drug-likeness (QED) is 0.550. The summed E-state index contributed by atoms with van der Waals surface area (Å²) in [6.07, 6.45) is 1.87. The van der Waals surface area contributed by atoms with Gasteiger partial charge in [0.2, 0.25) is 5.88 Å². The van der Waals surface area contributed by atoms with E-state index in [1.54, 1.807) is 18.2 Å². The molecule has 0 unspecified atom stereocenters. The van der Waals surface area contributed by atoms with Crippen molar-refractivity contribution < 1.29 is 14.3 Å². The fourth-order valence-electron chi connectivity index (χ4n) is 1.03. The summed E-state index contributed by atoms with van der Waals surface area (Å²) >= 11 is 0. The van der Waals surface area contributed by atoms with Crippen molar-refractivity contribution in [1.29, 1.82) is 0 Å². The van der Waals surface area contributed by atoms with Crippen LogP contribution in [-0.4, -0.2) is 24.7 Å². The molecule has 82 valence electrons. The molecule has 1 aromatic rings. The largest absolute Gasteiger partial charge is 0.481 e. The van der Waals surface area contributed by atoms with E-state index in [0.29, 0.717) is 12.5 Å². The Kier molecular flexibility index (Phi) is 4.60. The molecule has 0 aromatic carbocycles. The van der Waals surface area contributed by atoms with Crippen LogP contribution in [0, 0.1) is 0 Å². The molecule has 1 heterocycles. The van der Waals surface area contributed by atoms with E-state index in [1.807, 2.05) is 6.92 Å². The van der Waals surface area contributed by atoms with Crippen molar-refractivity contribution in [3.05, 3.63) is 23.9 Å². The number of esters is 1. The van der Waals surface area contributed by atoms with Crippen LogP contribution in [0.4, 0.5) is 0 Å². The fraction of sp³-hybridized carbons (Fsp3) is 0.455. The van der Waals surface area contributed by atoms with Gasteiger partial charge in [-0.1, -0.05) is 19.4 Å². The highest BCUT2D eigenvalue weighted by Crippen LogP contribution is 2.07. The van der Waals surface area contributed by atoms with Crippen LogP contribution in [0.15, 0.2) is 18.2 Å². The minimum absolute atomic E-state index is 0.283. The molecule has 1 aromatic heterocycles. The fourth-order valence-corrected chi connectivity index (χ4v) is 1.03. The average molecular weight is 209 g/mol. The Morgan fingerprint density at radius 3 is 2.93 bits per heavy atom. The Morgan fingerprint density at radius 1 is 1.47 bits per heavy atom. The number of carbonyl (C=O) groups is 1. The molecule has 15 heavy (non-hydrogen) atoms. The highest BCUT2D eigenvalue weighted by molar-refractivity contribution is 5.87. The molecule has 0 aliphatic rings. The lowest BCUT2D eigenvalue weighted by atomic mass is 10.3. The van der Waals surface area contributed by atoms with E-state index < -0.39 is 5.97 Å². The Bertz CT molecular complexity index is 325. The summed E-state index contributed by atoms with van der Waals surface area (Å²) < 4.78 is 9.92. The Balaban J connectivity index is 2.57. The number of methoxy groups -OCH3 is 1. The molecule has 0 aliphatic heterocycles. The second-order valence-corrected chi connectivity index (χ2v) is 3.05. The van der Waals surface area contributed by atoms with Crippen LogP contribution in [0.5, 0.6) is 5.88 Å². The maximum atomic E-state index is 11.4. The van der Waals surface area contributed by atoms with Crippen LogP contribution in [0.2, 0.25) is 0 Å². The lowest BCUT2D eigenvalue weighted by Crippen LogP contribution is -2.08. The van der Waals surface area contributed by atoms with Gasteiger partial charge in [-0.2, -0.15) is 0 Å². The van der Waals surface area contributed by atoms with E-state index >= 15 is 0 Å². The van der Waals surface area contributed by atoms with E-state index in [4.69, 9.17) is 9.47 Å². The molecule has 0 fully saturated rings. The lowest BCUT2D eigenvalue weighted by Gasteiger charge is -2.04. The third kappa shape index (κ3) is 3.58. The van der Waals surface area contributed by atoms with Gasteiger partial charge in [0.05, 0.1) is 13.7 Å². The molecule has 0 aliphatic carbocycles. The van der Waals surface area contributed by atoms with E-state index in [9.17, 15) is 4.79 Å². The zero-order valence-corrected chi connectivity index (χ0v) is 9.03. The first kappa shape index (κ1) is 11.5. The number of ether oxygens (including phenoxy) is 2. The lowest BCUT2D eigenvalue weighted by molar-refractivity contribution is 0.0492. The smallest absolute Gasteiger partial charge is 0.357 e. The molecule has 0 saturated carbocycles. The molecule has 4 heteroatoms. The van der Waals surface area contributed by atoms with Crippen molar-refractivity contribution in [3.8, 4) is 5.88 Å². The van der Waals surface area contributed by atoms with E-state index in [0.717, 1.165) is 12.8 Å². The number of carbonyl (C=O) groups excluding carboxylic acids is 1. The monoisotopic (exact) mass is 209 g/mol. The molecule has 0 amide bonds. The van der Waals surface area contributed by atoms with Crippen LogP contribution in [-0.2, 0) is 4.74 Å². The average Bonchev–Trinajstić information content (AvgIpc) is 2.29. The predicted octanol–water partition coefficient (Wildman–Crippen LogP) is 2.05. The van der Waals surface area contributed by atoms with Gasteiger partial charge >= 0.3 is 5.97 Å². The van der Waals surface area contributed by atoms with Gasteiger partial charge in [0, 0.05) is 6.07 Å². The number of hydrogen-bond acceptors (Lipinski definition) is 4. The number of pyridine rings is 1. The van der Waals surface area contributed by atoms with Crippen LogP contribution in [0.1, 0.15) is 30.3 Å². The molecular weight excluding hydrogens is 194 g/mol. The SMILES string of the molecule is CCCCOC(=O)c1cccc(OC)n1. The summed E-state index contributed by atoms with van der Waals surface area (Å²) in [7, 11) is 1.51. The normalized spacial score (nSPS) is 9.73. The summed E-state index contributed by atoms with van der Waals surface area (Å²) in [6.45, 7) is 2.48. The Morgan fingerprint density at radius 2 is 2.27 bits per heavy atom. The molecule has 0 spiro atoms. The standard InChI is InChI=1S/C11H15NO3/c1-3-4-8-15-11(13)9-6-5-7-10(12-9)14-2/h5-7H,3-4,8H2,1-2H3. The molecule has 0 N–H and O–H groups in total. The zero-order valence-electron chi connectivity index (χ0n) is 9.03. The van der Waals surface area contributed by atoms with Gasteiger partial charge in [0.25, 0.3) is 0 Å². The highest BCUT2D eigenvalue weighted by Gasteiger charge is 2.08. The van der Waals surface area contributed by atoms with Gasteiger partial charge in [0.15, 0.2) is 5.69 Å². The molecule has 0 radical (unpaired) electrons. The number of nitrogens with zero attached hydrogens (tertiary/aromatic N) is 1. The summed E-state index contributed by atoms with van der Waals surface area (Å²) in [5.74, 6) is 0.0160. The van der Waals surface area contributed by atoms with Gasteiger partial charge in [0.1, 0.15) is 0 Å². The van der Waals surface area contributed by atoms with Gasteiger partial charge in [-0.3, -0.25) is 0 Å². The first-order valence-electron chi connectivity index (χ1n) is 4.96. The molecule has 0 bridgehead atoms. The first-order valence-corrected chi connectivity index (χ1v) is 4.96. The van der Waals surface area contributed by atoms with Crippen molar-refractivity contribution in [2.45, 2.75) is 19.8 Å². The third-order valence-electron chi connectivity index (χ3n) is 1.87. The first-order chi connectivity index (χ1) is 7.27. The number of hydrogen-bond donors (Lipinski definition) is 0. The van der Waals surface area contributed by atoms with Gasteiger partial charge < -0.3 is 9.47 Å². The highest BCUT2D eigenvalue weighted by atomic mass is 16.5. The predicted molar refractivity (Wildman–Crippen MR) is 56.0 cm³/mol. The summed E-state index contributed by atoms with van der Waals surface area (Å²) in [6, 6.07) is 5.00.